The van der Waals surface area contributed by atoms with Gasteiger partial charge in [0.15, 0.2) is 5.82 Å². The fraction of sp³-hybridized carbons (Fsp3) is 0.368. The first kappa shape index (κ1) is 16.0. The van der Waals surface area contributed by atoms with Crippen LogP contribution in [-0.2, 0) is 7.05 Å². The molecule has 1 atom stereocenters. The number of benzene rings is 1. The molecule has 0 radical (unpaired) electrons. The predicted octanol–water partition coefficient (Wildman–Crippen LogP) is 3.94. The lowest BCUT2D eigenvalue weighted by molar-refractivity contribution is 0.482. The molecule has 3 aromatic rings. The number of hydrogen-bond donors (Lipinski definition) is 0. The van der Waals surface area contributed by atoms with E-state index in [-0.39, 0.29) is 5.52 Å². The molecule has 1 aliphatic heterocycles. The summed E-state index contributed by atoms with van der Waals surface area (Å²) in [4.78, 5) is 11.0. The van der Waals surface area contributed by atoms with Crippen LogP contribution in [0.25, 0.3) is 10.9 Å². The molecule has 1 aromatic carbocycles. The third kappa shape index (κ3) is 2.86. The summed E-state index contributed by atoms with van der Waals surface area (Å²) in [5.74, 6) is 0.167. The lowest BCUT2D eigenvalue weighted by atomic mass is 9.96. The van der Waals surface area contributed by atoms with Gasteiger partial charge in [0.05, 0.1) is 0 Å². The van der Waals surface area contributed by atoms with Crippen molar-refractivity contribution in [2.75, 3.05) is 18.0 Å². The van der Waals surface area contributed by atoms with E-state index in [2.05, 4.69) is 14.9 Å². The highest BCUT2D eigenvalue weighted by Crippen LogP contribution is 2.34. The van der Waals surface area contributed by atoms with Gasteiger partial charge in [-0.2, -0.15) is 0 Å². The number of halogens is 2. The Kier molecular flexibility index (Phi) is 3.90. The molecule has 1 fully saturated rings. The highest BCUT2D eigenvalue weighted by atomic mass is 19.1. The second-order valence-electron chi connectivity index (χ2n) is 6.75. The molecule has 4 nitrogen and oxygen atoms in total. The first-order chi connectivity index (χ1) is 12.0. The van der Waals surface area contributed by atoms with Crippen LogP contribution in [0.5, 0.6) is 0 Å². The van der Waals surface area contributed by atoms with E-state index in [9.17, 15) is 8.78 Å². The maximum Gasteiger partial charge on any atom is 0.152 e. The Labute approximate surface area is 145 Å². The Morgan fingerprint density at radius 3 is 2.80 bits per heavy atom. The summed E-state index contributed by atoms with van der Waals surface area (Å²) >= 11 is 0. The van der Waals surface area contributed by atoms with Crippen molar-refractivity contribution in [2.45, 2.75) is 25.7 Å². The number of nitrogens with zero attached hydrogens (tertiary/aromatic N) is 4. The minimum atomic E-state index is -0.613. The Balaban J connectivity index is 1.77. The molecule has 0 bridgehead atoms. The normalized spacial score (nSPS) is 18.1. The molecule has 25 heavy (non-hydrogen) atoms. The van der Waals surface area contributed by atoms with Crippen LogP contribution in [0.2, 0.25) is 0 Å². The number of rotatable bonds is 2. The lowest BCUT2D eigenvalue weighted by Gasteiger charge is -2.35. The van der Waals surface area contributed by atoms with Crippen molar-refractivity contribution >= 4 is 16.6 Å². The molecule has 0 unspecified atom stereocenters. The summed E-state index contributed by atoms with van der Waals surface area (Å²) in [6, 6.07) is 4.19. The molecule has 6 heteroatoms. The molecule has 1 aliphatic rings. The van der Waals surface area contributed by atoms with Crippen molar-refractivity contribution in [1.82, 2.24) is 14.5 Å². The van der Waals surface area contributed by atoms with Gasteiger partial charge in [-0.15, -0.1) is 0 Å². The summed E-state index contributed by atoms with van der Waals surface area (Å²) in [6.45, 7) is 3.48. The lowest BCUT2D eigenvalue weighted by Crippen LogP contribution is -2.35. The van der Waals surface area contributed by atoms with Gasteiger partial charge in [0, 0.05) is 61.3 Å². The Morgan fingerprint density at radius 2 is 2.04 bits per heavy atom. The zero-order valence-corrected chi connectivity index (χ0v) is 14.3. The van der Waals surface area contributed by atoms with Crippen LogP contribution in [0.1, 0.15) is 30.3 Å². The summed E-state index contributed by atoms with van der Waals surface area (Å²) in [5, 5.41) is 0.531. The number of piperidine rings is 1. The molecule has 1 saturated heterocycles. The van der Waals surface area contributed by atoms with Gasteiger partial charge < -0.3 is 9.47 Å². The van der Waals surface area contributed by atoms with Crippen LogP contribution in [-0.4, -0.2) is 27.6 Å². The molecular formula is C19H20F2N4. The quantitative estimate of drug-likeness (QED) is 0.707. The maximum absolute atomic E-state index is 14.2. The van der Waals surface area contributed by atoms with E-state index in [4.69, 9.17) is 0 Å². The molecule has 0 N–H and O–H groups in total. The monoisotopic (exact) mass is 342 g/mol. The molecule has 2 aromatic heterocycles. The fourth-order valence-corrected chi connectivity index (χ4v) is 3.80. The van der Waals surface area contributed by atoms with E-state index in [1.165, 1.54) is 6.07 Å². The number of aromatic nitrogens is 3. The molecule has 0 amide bonds. The third-order valence-corrected chi connectivity index (χ3v) is 4.92. The zero-order valence-electron chi connectivity index (χ0n) is 14.3. The first-order valence-electron chi connectivity index (χ1n) is 8.51. The smallest absolute Gasteiger partial charge is 0.152 e. The van der Waals surface area contributed by atoms with Gasteiger partial charge in [0.2, 0.25) is 0 Å². The van der Waals surface area contributed by atoms with Gasteiger partial charge in [-0.25, -0.2) is 18.7 Å². The number of anilines is 1. The van der Waals surface area contributed by atoms with Crippen LogP contribution >= 0.6 is 0 Å². The molecular weight excluding hydrogens is 322 g/mol. The largest absolute Gasteiger partial charge is 0.370 e. The molecule has 4 rings (SSSR count). The van der Waals surface area contributed by atoms with E-state index in [0.29, 0.717) is 11.3 Å². The van der Waals surface area contributed by atoms with Gasteiger partial charge >= 0.3 is 0 Å². The minimum Gasteiger partial charge on any atom is -0.370 e. The van der Waals surface area contributed by atoms with E-state index < -0.39 is 11.6 Å². The van der Waals surface area contributed by atoms with Gasteiger partial charge in [-0.1, -0.05) is 0 Å². The average Bonchev–Trinajstić information content (AvgIpc) is 3.01. The van der Waals surface area contributed by atoms with Crippen LogP contribution in [0.3, 0.4) is 0 Å². The van der Waals surface area contributed by atoms with Gasteiger partial charge in [-0.05, 0) is 31.9 Å². The van der Waals surface area contributed by atoms with E-state index >= 15 is 0 Å². The van der Waals surface area contributed by atoms with Crippen LogP contribution in [0.15, 0.2) is 30.6 Å². The van der Waals surface area contributed by atoms with Crippen molar-refractivity contribution in [3.8, 4) is 0 Å². The van der Waals surface area contributed by atoms with E-state index in [1.807, 2.05) is 37.0 Å². The SMILES string of the molecule is Cc1cc(N2CCC[C@@H](c3nccn3C)C2)c2cc(F)cc(F)c2n1. The number of hydrogen-bond acceptors (Lipinski definition) is 3. The van der Waals surface area contributed by atoms with Gasteiger partial charge in [0.1, 0.15) is 17.2 Å². The summed E-state index contributed by atoms with van der Waals surface area (Å²) < 4.78 is 30.0. The topological polar surface area (TPSA) is 34.0 Å². The fourth-order valence-electron chi connectivity index (χ4n) is 3.80. The maximum atomic E-state index is 14.2. The van der Waals surface area contributed by atoms with Crippen molar-refractivity contribution in [2.24, 2.45) is 7.05 Å². The molecule has 0 saturated carbocycles. The second kappa shape index (κ2) is 6.10. The number of fused-ring (bicyclic) bond motifs is 1. The Bertz CT molecular complexity index is 935. The molecule has 3 heterocycles. The molecule has 130 valence electrons. The first-order valence-corrected chi connectivity index (χ1v) is 8.51. The third-order valence-electron chi connectivity index (χ3n) is 4.92. The van der Waals surface area contributed by atoms with Crippen molar-refractivity contribution < 1.29 is 8.78 Å². The zero-order chi connectivity index (χ0) is 17.6. The van der Waals surface area contributed by atoms with Crippen molar-refractivity contribution in [3.63, 3.8) is 0 Å². The van der Waals surface area contributed by atoms with E-state index in [0.717, 1.165) is 49.2 Å². The van der Waals surface area contributed by atoms with Gasteiger partial charge in [-0.3, -0.25) is 0 Å². The van der Waals surface area contributed by atoms with Crippen LogP contribution in [0, 0.1) is 18.6 Å². The highest BCUT2D eigenvalue weighted by Gasteiger charge is 2.26. The number of aryl methyl sites for hydroxylation is 2. The number of imidazole rings is 1. The second-order valence-corrected chi connectivity index (χ2v) is 6.75. The molecule has 0 spiro atoms. The van der Waals surface area contributed by atoms with Crippen LogP contribution < -0.4 is 4.90 Å². The molecule has 0 aliphatic carbocycles. The standard InChI is InChI=1S/C19H20F2N4/c1-12-8-17(15-9-14(20)10-16(21)18(15)23-12)25-6-3-4-13(11-25)19-22-5-7-24(19)2/h5,7-10,13H,3-4,6,11H2,1-2H3/t13-/m1/s1. The summed E-state index contributed by atoms with van der Waals surface area (Å²) in [6.07, 6.45) is 5.83. The average molecular weight is 342 g/mol. The van der Waals surface area contributed by atoms with Crippen molar-refractivity contribution in [3.05, 3.63) is 53.7 Å². The summed E-state index contributed by atoms with van der Waals surface area (Å²) in [5.41, 5.74) is 1.81. The van der Waals surface area contributed by atoms with Gasteiger partial charge in [0.25, 0.3) is 0 Å². The predicted molar refractivity (Wildman–Crippen MR) is 93.8 cm³/mol. The minimum absolute atomic E-state index is 0.232. The van der Waals surface area contributed by atoms with Crippen LogP contribution in [0.4, 0.5) is 14.5 Å². The Hall–Kier alpha value is -2.50. The van der Waals surface area contributed by atoms with E-state index in [1.54, 1.807) is 0 Å². The number of pyridine rings is 1. The highest BCUT2D eigenvalue weighted by molar-refractivity contribution is 5.92. The van der Waals surface area contributed by atoms with Crippen molar-refractivity contribution in [1.29, 1.82) is 0 Å². The Morgan fingerprint density at radius 1 is 1.20 bits per heavy atom. The summed E-state index contributed by atoms with van der Waals surface area (Å²) in [7, 11) is 2.00.